The SMILES string of the molecule is N#Cc1ccc(-n2[nH]c(C(F)(F)F)cc2=S)cc1. The number of alkyl halides is 3. The number of nitriles is 1. The summed E-state index contributed by atoms with van der Waals surface area (Å²) in [6, 6.07) is 8.83. The molecule has 1 aromatic heterocycles. The van der Waals surface area contributed by atoms with Crippen molar-refractivity contribution in [1.29, 1.82) is 5.26 Å². The van der Waals surface area contributed by atoms with Crippen LogP contribution in [-0.4, -0.2) is 9.78 Å². The van der Waals surface area contributed by atoms with Gasteiger partial charge in [0, 0.05) is 6.07 Å². The summed E-state index contributed by atoms with van der Waals surface area (Å²) in [5, 5.41) is 10.8. The molecule has 1 aromatic carbocycles. The predicted octanol–water partition coefficient (Wildman–Crippen LogP) is 3.43. The zero-order valence-electron chi connectivity index (χ0n) is 8.82. The molecule has 0 spiro atoms. The molecule has 18 heavy (non-hydrogen) atoms. The maximum atomic E-state index is 12.5. The molecule has 3 nitrogen and oxygen atoms in total. The first-order chi connectivity index (χ1) is 8.41. The van der Waals surface area contributed by atoms with Crippen molar-refractivity contribution in [1.82, 2.24) is 9.78 Å². The molecule has 0 aliphatic carbocycles. The van der Waals surface area contributed by atoms with Gasteiger partial charge in [-0.1, -0.05) is 12.2 Å². The van der Waals surface area contributed by atoms with Gasteiger partial charge in [0.2, 0.25) is 0 Å². The van der Waals surface area contributed by atoms with Gasteiger partial charge in [-0.2, -0.15) is 18.4 Å². The van der Waals surface area contributed by atoms with E-state index in [1.54, 1.807) is 0 Å². The first-order valence-electron chi connectivity index (χ1n) is 4.81. The highest BCUT2D eigenvalue weighted by molar-refractivity contribution is 7.71. The second kappa shape index (κ2) is 4.31. The lowest BCUT2D eigenvalue weighted by Gasteiger charge is -2.04. The van der Waals surface area contributed by atoms with E-state index >= 15 is 0 Å². The zero-order valence-corrected chi connectivity index (χ0v) is 9.64. The Labute approximate surface area is 105 Å². The van der Waals surface area contributed by atoms with Crippen molar-refractivity contribution in [2.75, 3.05) is 0 Å². The Kier molecular flexibility index (Phi) is 2.97. The van der Waals surface area contributed by atoms with Crippen molar-refractivity contribution < 1.29 is 13.2 Å². The highest BCUT2D eigenvalue weighted by atomic mass is 32.1. The number of hydrogen-bond donors (Lipinski definition) is 1. The lowest BCUT2D eigenvalue weighted by atomic mass is 10.2. The van der Waals surface area contributed by atoms with Crippen LogP contribution >= 0.6 is 12.2 Å². The molecule has 0 bridgehead atoms. The minimum absolute atomic E-state index is 0.0204. The smallest absolute Gasteiger partial charge is 0.288 e. The number of halogens is 3. The van der Waals surface area contributed by atoms with Crippen LogP contribution in [0.4, 0.5) is 13.2 Å². The molecule has 92 valence electrons. The van der Waals surface area contributed by atoms with Gasteiger partial charge in [0.1, 0.15) is 10.3 Å². The van der Waals surface area contributed by atoms with E-state index in [1.165, 1.54) is 24.3 Å². The average Bonchev–Trinajstić information content (AvgIpc) is 2.71. The summed E-state index contributed by atoms with van der Waals surface area (Å²) >= 11 is 4.85. The van der Waals surface area contributed by atoms with Gasteiger partial charge in [-0.25, -0.2) is 4.68 Å². The average molecular weight is 269 g/mol. The molecule has 0 radical (unpaired) electrons. The number of benzene rings is 1. The van der Waals surface area contributed by atoms with E-state index in [0.29, 0.717) is 11.3 Å². The summed E-state index contributed by atoms with van der Waals surface area (Å²) in [6.45, 7) is 0. The monoisotopic (exact) mass is 269 g/mol. The summed E-state index contributed by atoms with van der Waals surface area (Å²) in [7, 11) is 0. The van der Waals surface area contributed by atoms with Gasteiger partial charge in [0.25, 0.3) is 0 Å². The lowest BCUT2D eigenvalue weighted by Crippen LogP contribution is -2.07. The third-order valence-electron chi connectivity index (χ3n) is 2.28. The van der Waals surface area contributed by atoms with Gasteiger partial charge in [-0.05, 0) is 24.3 Å². The van der Waals surface area contributed by atoms with Crippen molar-refractivity contribution in [2.24, 2.45) is 0 Å². The molecular weight excluding hydrogens is 263 g/mol. The first kappa shape index (κ1) is 12.4. The molecule has 2 rings (SSSR count). The number of rotatable bonds is 1. The van der Waals surface area contributed by atoms with Crippen LogP contribution < -0.4 is 0 Å². The standard InChI is InChI=1S/C11H6F3N3S/c12-11(13,14)9-5-10(18)17(16-9)8-3-1-7(6-15)2-4-8/h1-5,16H. The normalized spacial score (nSPS) is 11.2. The first-order valence-corrected chi connectivity index (χ1v) is 5.22. The zero-order chi connectivity index (χ0) is 13.3. The van der Waals surface area contributed by atoms with Crippen LogP contribution in [0.1, 0.15) is 11.3 Å². The largest absolute Gasteiger partial charge is 0.432 e. The van der Waals surface area contributed by atoms with E-state index in [9.17, 15) is 13.2 Å². The van der Waals surface area contributed by atoms with Gasteiger partial charge in [0.05, 0.1) is 17.3 Å². The molecule has 0 aliphatic heterocycles. The van der Waals surface area contributed by atoms with Crippen LogP contribution in [0, 0.1) is 16.0 Å². The summed E-state index contributed by atoms with van der Waals surface area (Å²) in [4.78, 5) is 0. The fourth-order valence-corrected chi connectivity index (χ4v) is 1.69. The Morgan fingerprint density at radius 1 is 1.22 bits per heavy atom. The lowest BCUT2D eigenvalue weighted by molar-refractivity contribution is -0.141. The van der Waals surface area contributed by atoms with Crippen molar-refractivity contribution in [3.63, 3.8) is 0 Å². The molecule has 2 aromatic rings. The van der Waals surface area contributed by atoms with Gasteiger partial charge in [-0.3, -0.25) is 5.10 Å². The second-order valence-electron chi connectivity index (χ2n) is 3.50. The highest BCUT2D eigenvalue weighted by Crippen LogP contribution is 2.28. The highest BCUT2D eigenvalue weighted by Gasteiger charge is 2.33. The maximum absolute atomic E-state index is 12.5. The Balaban J connectivity index is 2.48. The molecule has 7 heteroatoms. The molecular formula is C11H6F3N3S. The minimum Gasteiger partial charge on any atom is -0.288 e. The molecule has 1 N–H and O–H groups in total. The van der Waals surface area contributed by atoms with Crippen LogP contribution in [0.2, 0.25) is 0 Å². The van der Waals surface area contributed by atoms with Crippen LogP contribution in [0.25, 0.3) is 5.69 Å². The van der Waals surface area contributed by atoms with Crippen LogP contribution in [-0.2, 0) is 6.18 Å². The van der Waals surface area contributed by atoms with E-state index < -0.39 is 11.9 Å². The molecule has 0 fully saturated rings. The van der Waals surface area contributed by atoms with E-state index in [0.717, 1.165) is 10.7 Å². The number of nitrogens with one attached hydrogen (secondary N) is 1. The van der Waals surface area contributed by atoms with Crippen LogP contribution in [0.3, 0.4) is 0 Å². The van der Waals surface area contributed by atoms with Crippen molar-refractivity contribution in [3.05, 3.63) is 46.2 Å². The molecule has 0 atom stereocenters. The van der Waals surface area contributed by atoms with Gasteiger partial charge >= 0.3 is 6.18 Å². The number of hydrogen-bond acceptors (Lipinski definition) is 2. The van der Waals surface area contributed by atoms with Crippen molar-refractivity contribution >= 4 is 12.2 Å². The summed E-state index contributed by atoms with van der Waals surface area (Å²) in [5.74, 6) is 0. The Morgan fingerprint density at radius 2 is 1.83 bits per heavy atom. The van der Waals surface area contributed by atoms with Gasteiger partial charge < -0.3 is 0 Å². The summed E-state index contributed by atoms with van der Waals surface area (Å²) in [6.07, 6.45) is -4.47. The maximum Gasteiger partial charge on any atom is 0.432 e. The molecule has 0 saturated carbocycles. The number of aromatic amines is 1. The number of nitrogens with zero attached hydrogens (tertiary/aromatic N) is 2. The summed E-state index contributed by atoms with van der Waals surface area (Å²) in [5.41, 5.74) is -0.0424. The Bertz CT molecular complexity index is 659. The molecule has 0 amide bonds. The number of aromatic nitrogens is 2. The molecule has 0 saturated heterocycles. The third kappa shape index (κ3) is 2.28. The van der Waals surface area contributed by atoms with Crippen LogP contribution in [0.5, 0.6) is 0 Å². The Hall–Kier alpha value is -2.07. The molecule has 0 unspecified atom stereocenters. The Morgan fingerprint density at radius 3 is 2.28 bits per heavy atom. The van der Waals surface area contributed by atoms with Crippen LogP contribution in [0.15, 0.2) is 30.3 Å². The third-order valence-corrected chi connectivity index (χ3v) is 2.58. The number of H-pyrrole nitrogens is 1. The molecule has 0 aliphatic rings. The van der Waals surface area contributed by atoms with Crippen molar-refractivity contribution in [3.8, 4) is 11.8 Å². The van der Waals surface area contributed by atoms with E-state index in [4.69, 9.17) is 17.5 Å². The molecule has 1 heterocycles. The van der Waals surface area contributed by atoms with Gasteiger partial charge in [-0.15, -0.1) is 0 Å². The fraction of sp³-hybridized carbons (Fsp3) is 0.0909. The van der Waals surface area contributed by atoms with Crippen molar-refractivity contribution in [2.45, 2.75) is 6.18 Å². The summed E-state index contributed by atoms with van der Waals surface area (Å²) < 4.78 is 38.6. The van der Waals surface area contributed by atoms with E-state index in [2.05, 4.69) is 5.10 Å². The topological polar surface area (TPSA) is 44.5 Å². The second-order valence-corrected chi connectivity index (χ2v) is 3.92. The van der Waals surface area contributed by atoms with E-state index in [1.807, 2.05) is 6.07 Å². The minimum atomic E-state index is -4.47. The quantitative estimate of drug-likeness (QED) is 0.806. The van der Waals surface area contributed by atoms with Gasteiger partial charge in [0.15, 0.2) is 0 Å². The predicted molar refractivity (Wildman–Crippen MR) is 60.7 cm³/mol. The fourth-order valence-electron chi connectivity index (χ4n) is 1.42. The van der Waals surface area contributed by atoms with E-state index in [-0.39, 0.29) is 4.64 Å².